The molecule has 6 nitrogen and oxygen atoms in total. The molecule has 0 spiro atoms. The topological polar surface area (TPSA) is 77.9 Å². The van der Waals surface area contributed by atoms with Gasteiger partial charge in [-0.05, 0) is 32.6 Å². The van der Waals surface area contributed by atoms with Crippen molar-refractivity contribution in [2.75, 3.05) is 19.6 Å². The molecule has 17 heavy (non-hydrogen) atoms. The van der Waals surface area contributed by atoms with Crippen molar-refractivity contribution >= 4 is 16.2 Å². The SMILES string of the molecule is CC1(C(=O)O)CCCN1S(=O)(=O)N1CCCC1. The first kappa shape index (κ1) is 12.8. The Morgan fingerprint density at radius 3 is 2.29 bits per heavy atom. The van der Waals surface area contributed by atoms with Crippen LogP contribution in [0.5, 0.6) is 0 Å². The van der Waals surface area contributed by atoms with Crippen molar-refractivity contribution in [3.63, 3.8) is 0 Å². The molecule has 1 N–H and O–H groups in total. The van der Waals surface area contributed by atoms with Crippen molar-refractivity contribution in [3.8, 4) is 0 Å². The third kappa shape index (κ3) is 1.96. The second kappa shape index (κ2) is 4.22. The van der Waals surface area contributed by atoms with E-state index in [-0.39, 0.29) is 0 Å². The molecule has 2 rings (SSSR count). The zero-order valence-electron chi connectivity index (χ0n) is 9.92. The van der Waals surface area contributed by atoms with Crippen LogP contribution in [0.2, 0.25) is 0 Å². The molecule has 2 aliphatic rings. The van der Waals surface area contributed by atoms with E-state index in [1.807, 2.05) is 0 Å². The van der Waals surface area contributed by atoms with Gasteiger partial charge in [0.2, 0.25) is 0 Å². The van der Waals surface area contributed by atoms with Crippen LogP contribution >= 0.6 is 0 Å². The number of nitrogens with zero attached hydrogens (tertiary/aromatic N) is 2. The number of hydrogen-bond donors (Lipinski definition) is 1. The maximum Gasteiger partial charge on any atom is 0.324 e. The van der Waals surface area contributed by atoms with Crippen molar-refractivity contribution in [2.45, 2.75) is 38.1 Å². The molecule has 1 atom stereocenters. The molecule has 0 aromatic carbocycles. The van der Waals surface area contributed by atoms with Crippen LogP contribution in [0, 0.1) is 0 Å². The van der Waals surface area contributed by atoms with Gasteiger partial charge in [0.25, 0.3) is 10.2 Å². The van der Waals surface area contributed by atoms with E-state index in [0.717, 1.165) is 17.1 Å². The average molecular weight is 262 g/mol. The Morgan fingerprint density at radius 1 is 1.18 bits per heavy atom. The summed E-state index contributed by atoms with van der Waals surface area (Å²) in [6.45, 7) is 2.82. The van der Waals surface area contributed by atoms with Crippen LogP contribution in [0.25, 0.3) is 0 Å². The van der Waals surface area contributed by atoms with Gasteiger partial charge in [-0.3, -0.25) is 4.79 Å². The number of rotatable bonds is 3. The summed E-state index contributed by atoms with van der Waals surface area (Å²) in [4.78, 5) is 11.3. The van der Waals surface area contributed by atoms with Gasteiger partial charge in [0.05, 0.1) is 0 Å². The molecular weight excluding hydrogens is 244 g/mol. The zero-order valence-corrected chi connectivity index (χ0v) is 10.7. The minimum absolute atomic E-state index is 0.307. The first-order valence-corrected chi connectivity index (χ1v) is 7.30. The quantitative estimate of drug-likeness (QED) is 0.791. The summed E-state index contributed by atoms with van der Waals surface area (Å²) in [5.41, 5.74) is -1.28. The number of hydrogen-bond acceptors (Lipinski definition) is 3. The molecule has 0 bridgehead atoms. The summed E-state index contributed by atoms with van der Waals surface area (Å²) >= 11 is 0. The van der Waals surface area contributed by atoms with Crippen LogP contribution in [-0.4, -0.2) is 53.3 Å². The van der Waals surface area contributed by atoms with E-state index in [4.69, 9.17) is 0 Å². The fourth-order valence-corrected chi connectivity index (χ4v) is 4.62. The van der Waals surface area contributed by atoms with Crippen molar-refractivity contribution in [1.82, 2.24) is 8.61 Å². The molecule has 0 aromatic rings. The molecule has 2 aliphatic heterocycles. The monoisotopic (exact) mass is 262 g/mol. The van der Waals surface area contributed by atoms with E-state index in [1.54, 1.807) is 0 Å². The number of carboxylic acid groups (broad SMARTS) is 1. The number of carboxylic acids is 1. The highest BCUT2D eigenvalue weighted by molar-refractivity contribution is 7.86. The van der Waals surface area contributed by atoms with Gasteiger partial charge in [0.1, 0.15) is 5.54 Å². The van der Waals surface area contributed by atoms with E-state index in [2.05, 4.69) is 0 Å². The van der Waals surface area contributed by atoms with Crippen LogP contribution < -0.4 is 0 Å². The van der Waals surface area contributed by atoms with Crippen molar-refractivity contribution in [2.24, 2.45) is 0 Å². The summed E-state index contributed by atoms with van der Waals surface area (Å²) in [7, 11) is -3.61. The van der Waals surface area contributed by atoms with E-state index in [9.17, 15) is 18.3 Å². The second-order valence-electron chi connectivity index (χ2n) is 4.87. The van der Waals surface area contributed by atoms with Gasteiger partial charge in [0, 0.05) is 19.6 Å². The lowest BCUT2D eigenvalue weighted by molar-refractivity contribution is -0.146. The van der Waals surface area contributed by atoms with Gasteiger partial charge in [0.15, 0.2) is 0 Å². The average Bonchev–Trinajstić information content (AvgIpc) is 2.85. The maximum atomic E-state index is 12.3. The largest absolute Gasteiger partial charge is 0.480 e. The van der Waals surface area contributed by atoms with Crippen LogP contribution in [-0.2, 0) is 15.0 Å². The molecule has 0 aromatic heterocycles. The summed E-state index contributed by atoms with van der Waals surface area (Å²) in [5, 5.41) is 9.22. The first-order chi connectivity index (χ1) is 7.89. The summed E-state index contributed by atoms with van der Waals surface area (Å²) in [6.07, 6.45) is 2.71. The second-order valence-corrected chi connectivity index (χ2v) is 6.72. The Bertz CT molecular complexity index is 416. The van der Waals surface area contributed by atoms with Gasteiger partial charge < -0.3 is 5.11 Å². The molecule has 2 saturated heterocycles. The predicted molar refractivity (Wildman–Crippen MR) is 61.7 cm³/mol. The smallest absolute Gasteiger partial charge is 0.324 e. The Labute approximate surface area is 101 Å². The lowest BCUT2D eigenvalue weighted by atomic mass is 10.0. The standard InChI is InChI=1S/C10H18N2O4S/c1-10(9(13)14)5-4-8-12(10)17(15,16)11-6-2-3-7-11/h2-8H2,1H3,(H,13,14). The Hall–Kier alpha value is -0.660. The minimum Gasteiger partial charge on any atom is -0.480 e. The lowest BCUT2D eigenvalue weighted by Gasteiger charge is -2.33. The minimum atomic E-state index is -3.61. The third-order valence-corrected chi connectivity index (χ3v) is 5.87. The maximum absolute atomic E-state index is 12.3. The molecule has 0 aliphatic carbocycles. The first-order valence-electron chi connectivity index (χ1n) is 5.90. The van der Waals surface area contributed by atoms with Gasteiger partial charge in [-0.1, -0.05) is 0 Å². The highest BCUT2D eigenvalue weighted by atomic mass is 32.2. The molecule has 2 heterocycles. The molecule has 7 heteroatoms. The molecule has 0 saturated carbocycles. The lowest BCUT2D eigenvalue weighted by Crippen LogP contribution is -2.54. The number of aliphatic carboxylic acids is 1. The highest BCUT2D eigenvalue weighted by Crippen LogP contribution is 2.34. The summed E-state index contributed by atoms with van der Waals surface area (Å²) in [6, 6.07) is 0. The highest BCUT2D eigenvalue weighted by Gasteiger charge is 2.51. The fourth-order valence-electron chi connectivity index (χ4n) is 2.58. The molecule has 0 radical (unpaired) electrons. The van der Waals surface area contributed by atoms with Crippen molar-refractivity contribution in [1.29, 1.82) is 0 Å². The van der Waals surface area contributed by atoms with Gasteiger partial charge in [-0.15, -0.1) is 0 Å². The van der Waals surface area contributed by atoms with Crippen molar-refractivity contribution < 1.29 is 18.3 Å². The van der Waals surface area contributed by atoms with Gasteiger partial charge in [-0.25, -0.2) is 0 Å². The Balaban J connectivity index is 2.29. The molecule has 1 unspecified atom stereocenters. The fraction of sp³-hybridized carbons (Fsp3) is 0.900. The van der Waals surface area contributed by atoms with Crippen LogP contribution in [0.1, 0.15) is 32.6 Å². The molecule has 2 fully saturated rings. The van der Waals surface area contributed by atoms with E-state index in [0.29, 0.717) is 32.5 Å². The van der Waals surface area contributed by atoms with E-state index < -0.39 is 21.7 Å². The van der Waals surface area contributed by atoms with Crippen LogP contribution in [0.15, 0.2) is 0 Å². The zero-order chi connectivity index (χ0) is 12.7. The van der Waals surface area contributed by atoms with Crippen LogP contribution in [0.4, 0.5) is 0 Å². The Morgan fingerprint density at radius 2 is 1.76 bits per heavy atom. The predicted octanol–water partition coefficient (Wildman–Crippen LogP) is 0.266. The number of carbonyl (C=O) groups is 1. The normalized spacial score (nSPS) is 32.1. The van der Waals surface area contributed by atoms with Crippen molar-refractivity contribution in [3.05, 3.63) is 0 Å². The van der Waals surface area contributed by atoms with E-state index in [1.165, 1.54) is 11.2 Å². The summed E-state index contributed by atoms with van der Waals surface area (Å²) < 4.78 is 27.3. The van der Waals surface area contributed by atoms with Gasteiger partial charge >= 0.3 is 5.97 Å². The van der Waals surface area contributed by atoms with Crippen LogP contribution in [0.3, 0.4) is 0 Å². The third-order valence-electron chi connectivity index (χ3n) is 3.71. The van der Waals surface area contributed by atoms with E-state index >= 15 is 0 Å². The Kier molecular flexibility index (Phi) is 3.17. The molecular formula is C10H18N2O4S. The van der Waals surface area contributed by atoms with Gasteiger partial charge in [-0.2, -0.15) is 17.0 Å². The summed E-state index contributed by atoms with van der Waals surface area (Å²) in [5.74, 6) is -1.06. The molecule has 0 amide bonds. The molecule has 98 valence electrons.